The second-order valence-electron chi connectivity index (χ2n) is 4.18. The van der Waals surface area contributed by atoms with Gasteiger partial charge in [0.2, 0.25) is 0 Å². The van der Waals surface area contributed by atoms with E-state index in [-0.39, 0.29) is 17.7 Å². The third-order valence-electron chi connectivity index (χ3n) is 2.62. The maximum Gasteiger partial charge on any atom is 0.335 e. The van der Waals surface area contributed by atoms with Gasteiger partial charge in [-0.25, -0.2) is 13.6 Å². The molecule has 0 saturated carbocycles. The molecule has 2 N–H and O–H groups in total. The monoisotopic (exact) mass is 292 g/mol. The molecule has 2 rings (SSSR count). The standard InChI is InChI=1S/C14H10F2N2O3/c15-10-3-9(4-11(16)6-10)13(19)18-7-12-5-8(14(20)21)1-2-17-12/h1-6H,7H2,(H,18,19)(H,20,21). The average molecular weight is 292 g/mol. The van der Waals surface area contributed by atoms with E-state index in [1.165, 1.54) is 18.3 Å². The summed E-state index contributed by atoms with van der Waals surface area (Å²) in [6, 6.07) is 5.08. The first-order valence-electron chi connectivity index (χ1n) is 5.88. The number of halogens is 2. The maximum absolute atomic E-state index is 13.0. The van der Waals surface area contributed by atoms with Gasteiger partial charge in [0.15, 0.2) is 0 Å². The average Bonchev–Trinajstić information content (AvgIpc) is 2.44. The Hall–Kier alpha value is -2.83. The van der Waals surface area contributed by atoms with Crippen LogP contribution in [0, 0.1) is 11.6 Å². The van der Waals surface area contributed by atoms with E-state index in [1.54, 1.807) is 0 Å². The molecule has 0 aliphatic carbocycles. The van der Waals surface area contributed by atoms with E-state index in [0.29, 0.717) is 11.8 Å². The molecular weight excluding hydrogens is 282 g/mol. The molecule has 7 heteroatoms. The number of pyridine rings is 1. The molecule has 0 saturated heterocycles. The molecule has 0 spiro atoms. The minimum atomic E-state index is -1.11. The van der Waals surface area contributed by atoms with Gasteiger partial charge in [-0.15, -0.1) is 0 Å². The summed E-state index contributed by atoms with van der Waals surface area (Å²) in [4.78, 5) is 26.4. The number of rotatable bonds is 4. The largest absolute Gasteiger partial charge is 0.478 e. The molecule has 0 unspecified atom stereocenters. The lowest BCUT2D eigenvalue weighted by atomic mass is 10.2. The van der Waals surface area contributed by atoms with Crippen LogP contribution in [0.1, 0.15) is 26.4 Å². The van der Waals surface area contributed by atoms with E-state index in [9.17, 15) is 18.4 Å². The highest BCUT2D eigenvalue weighted by molar-refractivity contribution is 5.94. The molecule has 2 aromatic rings. The van der Waals surface area contributed by atoms with Crippen LogP contribution in [0.25, 0.3) is 0 Å². The number of hydrogen-bond donors (Lipinski definition) is 2. The molecule has 0 aliphatic rings. The predicted molar refractivity (Wildman–Crippen MR) is 68.7 cm³/mol. The molecule has 0 bridgehead atoms. The fraction of sp³-hybridized carbons (Fsp3) is 0.0714. The second-order valence-corrected chi connectivity index (χ2v) is 4.18. The Morgan fingerprint density at radius 1 is 1.10 bits per heavy atom. The summed E-state index contributed by atoms with van der Waals surface area (Å²) < 4.78 is 26.0. The van der Waals surface area contributed by atoms with Gasteiger partial charge in [0.05, 0.1) is 17.8 Å². The molecule has 0 aliphatic heterocycles. The van der Waals surface area contributed by atoms with Crippen LogP contribution in [-0.4, -0.2) is 22.0 Å². The Bertz CT molecular complexity index is 684. The maximum atomic E-state index is 13.0. The molecule has 0 radical (unpaired) electrons. The third kappa shape index (κ3) is 3.82. The molecule has 108 valence electrons. The van der Waals surface area contributed by atoms with Gasteiger partial charge in [0, 0.05) is 17.8 Å². The van der Waals surface area contributed by atoms with E-state index >= 15 is 0 Å². The van der Waals surface area contributed by atoms with Crippen molar-refractivity contribution in [2.75, 3.05) is 0 Å². The van der Waals surface area contributed by atoms with Crippen LogP contribution in [0.3, 0.4) is 0 Å². The number of benzene rings is 1. The van der Waals surface area contributed by atoms with Gasteiger partial charge in [0.1, 0.15) is 11.6 Å². The number of aromatic carboxylic acids is 1. The van der Waals surface area contributed by atoms with E-state index in [0.717, 1.165) is 12.1 Å². The second kappa shape index (κ2) is 6.08. The zero-order valence-electron chi connectivity index (χ0n) is 10.6. The van der Waals surface area contributed by atoms with E-state index in [2.05, 4.69) is 10.3 Å². The first-order valence-corrected chi connectivity index (χ1v) is 5.88. The Balaban J connectivity index is 2.07. The van der Waals surface area contributed by atoms with Crippen LogP contribution in [-0.2, 0) is 6.54 Å². The number of nitrogens with zero attached hydrogens (tertiary/aromatic N) is 1. The highest BCUT2D eigenvalue weighted by Crippen LogP contribution is 2.08. The molecule has 1 heterocycles. The van der Waals surface area contributed by atoms with Crippen molar-refractivity contribution in [1.29, 1.82) is 0 Å². The number of hydrogen-bond acceptors (Lipinski definition) is 3. The zero-order chi connectivity index (χ0) is 15.4. The number of carboxylic acid groups (broad SMARTS) is 1. The van der Waals surface area contributed by atoms with Crippen LogP contribution in [0.4, 0.5) is 8.78 Å². The van der Waals surface area contributed by atoms with Crippen LogP contribution in [0.5, 0.6) is 0 Å². The summed E-state index contributed by atoms with van der Waals surface area (Å²) in [7, 11) is 0. The van der Waals surface area contributed by atoms with E-state index < -0.39 is 23.5 Å². The highest BCUT2D eigenvalue weighted by Gasteiger charge is 2.10. The quantitative estimate of drug-likeness (QED) is 0.903. The molecule has 1 aromatic heterocycles. The number of aromatic nitrogens is 1. The molecular formula is C14H10F2N2O3. The van der Waals surface area contributed by atoms with Crippen molar-refractivity contribution in [2.45, 2.75) is 6.54 Å². The Morgan fingerprint density at radius 2 is 1.76 bits per heavy atom. The number of amides is 1. The van der Waals surface area contributed by atoms with Crippen molar-refractivity contribution in [3.63, 3.8) is 0 Å². The molecule has 0 fully saturated rings. The molecule has 5 nitrogen and oxygen atoms in total. The van der Waals surface area contributed by atoms with Crippen LogP contribution < -0.4 is 5.32 Å². The summed E-state index contributed by atoms with van der Waals surface area (Å²) in [5.41, 5.74) is 0.188. The molecule has 1 amide bonds. The molecule has 1 aromatic carbocycles. The summed E-state index contributed by atoms with van der Waals surface area (Å²) in [6.07, 6.45) is 1.30. The Morgan fingerprint density at radius 3 is 2.38 bits per heavy atom. The van der Waals surface area contributed by atoms with Crippen molar-refractivity contribution in [1.82, 2.24) is 10.3 Å². The summed E-state index contributed by atoms with van der Waals surface area (Å²) in [5.74, 6) is -3.51. The van der Waals surface area contributed by atoms with Gasteiger partial charge in [-0.2, -0.15) is 0 Å². The molecule has 21 heavy (non-hydrogen) atoms. The van der Waals surface area contributed by atoms with Gasteiger partial charge >= 0.3 is 5.97 Å². The zero-order valence-corrected chi connectivity index (χ0v) is 10.6. The smallest absolute Gasteiger partial charge is 0.335 e. The SMILES string of the molecule is O=C(O)c1ccnc(CNC(=O)c2cc(F)cc(F)c2)c1. The van der Waals surface area contributed by atoms with Crippen molar-refractivity contribution >= 4 is 11.9 Å². The highest BCUT2D eigenvalue weighted by atomic mass is 19.1. The number of carboxylic acids is 1. The first-order chi connectivity index (χ1) is 9.95. The van der Waals surface area contributed by atoms with Gasteiger partial charge < -0.3 is 10.4 Å². The van der Waals surface area contributed by atoms with Gasteiger partial charge in [-0.05, 0) is 24.3 Å². The minimum Gasteiger partial charge on any atom is -0.478 e. The summed E-state index contributed by atoms with van der Waals surface area (Å²) in [6.45, 7) is -0.0575. The number of carbonyl (C=O) groups excluding carboxylic acids is 1. The first kappa shape index (κ1) is 14.6. The fourth-order valence-electron chi connectivity index (χ4n) is 1.67. The lowest BCUT2D eigenvalue weighted by Gasteiger charge is -2.06. The summed E-state index contributed by atoms with van der Waals surface area (Å²) in [5, 5.41) is 11.2. The van der Waals surface area contributed by atoms with Crippen LogP contribution >= 0.6 is 0 Å². The fourth-order valence-corrected chi connectivity index (χ4v) is 1.67. The lowest BCUT2D eigenvalue weighted by molar-refractivity contribution is 0.0696. The predicted octanol–water partition coefficient (Wildman–Crippen LogP) is 1.99. The summed E-state index contributed by atoms with van der Waals surface area (Å²) >= 11 is 0. The van der Waals surface area contributed by atoms with Crippen molar-refractivity contribution < 1.29 is 23.5 Å². The van der Waals surface area contributed by atoms with E-state index in [1.807, 2.05) is 0 Å². The van der Waals surface area contributed by atoms with Crippen LogP contribution in [0.15, 0.2) is 36.5 Å². The van der Waals surface area contributed by atoms with Crippen LogP contribution in [0.2, 0.25) is 0 Å². The van der Waals surface area contributed by atoms with Crippen molar-refractivity contribution in [2.24, 2.45) is 0 Å². The molecule has 0 atom stereocenters. The number of carbonyl (C=O) groups is 2. The third-order valence-corrected chi connectivity index (χ3v) is 2.62. The van der Waals surface area contributed by atoms with Gasteiger partial charge in [-0.3, -0.25) is 9.78 Å². The van der Waals surface area contributed by atoms with Crippen molar-refractivity contribution in [3.8, 4) is 0 Å². The normalized spacial score (nSPS) is 10.2. The van der Waals surface area contributed by atoms with Crippen molar-refractivity contribution in [3.05, 3.63) is 65.0 Å². The van der Waals surface area contributed by atoms with Gasteiger partial charge in [-0.1, -0.05) is 0 Å². The van der Waals surface area contributed by atoms with Gasteiger partial charge in [0.25, 0.3) is 5.91 Å². The topological polar surface area (TPSA) is 79.3 Å². The Labute approximate surface area is 118 Å². The number of nitrogens with one attached hydrogen (secondary N) is 1. The van der Waals surface area contributed by atoms with E-state index in [4.69, 9.17) is 5.11 Å². The Kier molecular flexibility index (Phi) is 4.22. The lowest BCUT2D eigenvalue weighted by Crippen LogP contribution is -2.23. The minimum absolute atomic E-state index is 0.0334.